The summed E-state index contributed by atoms with van der Waals surface area (Å²) in [6.07, 6.45) is 2.20. The second-order valence-electron chi connectivity index (χ2n) is 10.1. The third kappa shape index (κ3) is 6.18. The Bertz CT molecular complexity index is 1290. The molecule has 1 amide bonds. The van der Waals surface area contributed by atoms with Crippen LogP contribution in [0, 0.1) is 0 Å². The van der Waals surface area contributed by atoms with Crippen LogP contribution in [-0.2, 0) is 17.9 Å². The fourth-order valence-corrected chi connectivity index (χ4v) is 5.45. The first-order valence-corrected chi connectivity index (χ1v) is 13.6. The Kier molecular flexibility index (Phi) is 8.58. The number of nitrogens with zero attached hydrogens (tertiary/aromatic N) is 3. The molecule has 0 unspecified atom stereocenters. The molecule has 1 atom stereocenters. The van der Waals surface area contributed by atoms with E-state index in [1.807, 2.05) is 53.4 Å². The number of ether oxygens (including phenoxy) is 1. The van der Waals surface area contributed by atoms with Gasteiger partial charge in [-0.25, -0.2) is 0 Å². The number of rotatable bonds is 12. The van der Waals surface area contributed by atoms with Crippen molar-refractivity contribution in [3.8, 4) is 5.75 Å². The first-order chi connectivity index (χ1) is 18.6. The zero-order valence-electron chi connectivity index (χ0n) is 21.8. The van der Waals surface area contributed by atoms with Crippen LogP contribution >= 0.6 is 0 Å². The van der Waals surface area contributed by atoms with Crippen LogP contribution in [-0.4, -0.2) is 76.0 Å². The average Bonchev–Trinajstić information content (AvgIpc) is 3.59. The van der Waals surface area contributed by atoms with E-state index in [4.69, 9.17) is 4.74 Å². The molecule has 5 rings (SSSR count). The molecule has 38 heavy (non-hydrogen) atoms. The number of benzene rings is 3. The van der Waals surface area contributed by atoms with E-state index in [1.54, 1.807) is 0 Å². The summed E-state index contributed by atoms with van der Waals surface area (Å²) in [6, 6.07) is 24.4. The first kappa shape index (κ1) is 26.2. The Morgan fingerprint density at radius 3 is 2.18 bits per heavy atom. The lowest BCUT2D eigenvalue weighted by atomic mass is 10.2. The van der Waals surface area contributed by atoms with Gasteiger partial charge in [0.25, 0.3) is 5.91 Å². The number of hydrogen-bond donors (Lipinski definition) is 2. The third-order valence-corrected chi connectivity index (χ3v) is 7.33. The minimum absolute atomic E-state index is 0.0407. The average molecular weight is 516 g/mol. The van der Waals surface area contributed by atoms with Crippen LogP contribution in [0.2, 0.25) is 0 Å². The molecule has 4 aromatic rings. The van der Waals surface area contributed by atoms with E-state index < -0.39 is 6.10 Å². The van der Waals surface area contributed by atoms with Crippen molar-refractivity contribution < 1.29 is 19.7 Å². The number of carbonyl (C=O) groups excluding carboxylic acids is 1. The Morgan fingerprint density at radius 1 is 0.921 bits per heavy atom. The SMILES string of the molecule is O=C(COc1ccc(CN(CCCO)C[C@H](O)Cn2c3ccccc3c3ccccc32)cc1)N1CCCC1. The van der Waals surface area contributed by atoms with Gasteiger partial charge >= 0.3 is 0 Å². The molecule has 1 saturated heterocycles. The molecule has 3 aromatic carbocycles. The van der Waals surface area contributed by atoms with E-state index in [1.165, 1.54) is 10.8 Å². The van der Waals surface area contributed by atoms with Crippen molar-refractivity contribution in [2.24, 2.45) is 0 Å². The molecule has 1 fully saturated rings. The highest BCUT2D eigenvalue weighted by Crippen LogP contribution is 2.29. The van der Waals surface area contributed by atoms with E-state index in [0.717, 1.165) is 42.5 Å². The number of amides is 1. The summed E-state index contributed by atoms with van der Waals surface area (Å²) in [6.45, 7) is 4.14. The van der Waals surface area contributed by atoms with Crippen LogP contribution in [0.1, 0.15) is 24.8 Å². The van der Waals surface area contributed by atoms with Crippen LogP contribution in [0.5, 0.6) is 5.75 Å². The first-order valence-electron chi connectivity index (χ1n) is 13.6. The fourth-order valence-electron chi connectivity index (χ4n) is 5.45. The lowest BCUT2D eigenvalue weighted by Crippen LogP contribution is -2.35. The topological polar surface area (TPSA) is 78.2 Å². The molecule has 2 heterocycles. The maximum absolute atomic E-state index is 12.2. The molecular weight excluding hydrogens is 478 g/mol. The van der Waals surface area contributed by atoms with Gasteiger partial charge in [0, 0.05) is 61.1 Å². The van der Waals surface area contributed by atoms with Crippen LogP contribution in [0.4, 0.5) is 0 Å². The fraction of sp³-hybridized carbons (Fsp3) is 0.387. The standard InChI is InChI=1S/C31H37N3O4/c35-19-7-16-32(20-24-12-14-26(15-13-24)38-23-31(37)33-17-5-6-18-33)21-25(36)22-34-29-10-3-1-8-27(29)28-9-2-4-11-30(28)34/h1-4,8-15,25,35-36H,5-7,16-23H2/t25-/m0/s1. The maximum Gasteiger partial charge on any atom is 0.260 e. The van der Waals surface area contributed by atoms with Crippen molar-refractivity contribution in [1.82, 2.24) is 14.4 Å². The number of hydrogen-bond acceptors (Lipinski definition) is 5. The van der Waals surface area contributed by atoms with Crippen molar-refractivity contribution in [1.29, 1.82) is 0 Å². The maximum atomic E-state index is 12.2. The van der Waals surface area contributed by atoms with Gasteiger partial charge in [0.2, 0.25) is 0 Å². The highest BCUT2D eigenvalue weighted by atomic mass is 16.5. The number of aromatic nitrogens is 1. The van der Waals surface area contributed by atoms with E-state index in [2.05, 4.69) is 33.7 Å². The van der Waals surface area contributed by atoms with Gasteiger partial charge in [-0.3, -0.25) is 9.69 Å². The second kappa shape index (κ2) is 12.4. The van der Waals surface area contributed by atoms with E-state index >= 15 is 0 Å². The van der Waals surface area contributed by atoms with Crippen LogP contribution < -0.4 is 4.74 Å². The van der Waals surface area contributed by atoms with E-state index in [-0.39, 0.29) is 19.1 Å². The molecule has 0 aliphatic carbocycles. The molecule has 1 aliphatic heterocycles. The summed E-state index contributed by atoms with van der Waals surface area (Å²) in [5.74, 6) is 0.716. The van der Waals surface area contributed by atoms with Gasteiger partial charge in [0.15, 0.2) is 6.61 Å². The zero-order valence-corrected chi connectivity index (χ0v) is 21.8. The number of carbonyl (C=O) groups is 1. The summed E-state index contributed by atoms with van der Waals surface area (Å²) in [7, 11) is 0. The molecule has 1 aromatic heterocycles. The largest absolute Gasteiger partial charge is 0.484 e. The third-order valence-electron chi connectivity index (χ3n) is 7.33. The molecule has 0 spiro atoms. The van der Waals surface area contributed by atoms with Crippen LogP contribution in [0.15, 0.2) is 72.8 Å². The van der Waals surface area contributed by atoms with E-state index in [0.29, 0.717) is 38.3 Å². The van der Waals surface area contributed by atoms with Crippen LogP contribution in [0.3, 0.4) is 0 Å². The van der Waals surface area contributed by atoms with E-state index in [9.17, 15) is 15.0 Å². The monoisotopic (exact) mass is 515 g/mol. The van der Waals surface area contributed by atoms with Gasteiger partial charge in [-0.05, 0) is 49.1 Å². The van der Waals surface area contributed by atoms with Gasteiger partial charge in [0.1, 0.15) is 5.75 Å². The molecule has 1 aliphatic rings. The summed E-state index contributed by atoms with van der Waals surface area (Å²) in [5, 5.41) is 23.0. The number of likely N-dealkylation sites (tertiary alicyclic amines) is 1. The second-order valence-corrected chi connectivity index (χ2v) is 10.1. The zero-order chi connectivity index (χ0) is 26.3. The molecule has 200 valence electrons. The minimum Gasteiger partial charge on any atom is -0.484 e. The number of fused-ring (bicyclic) bond motifs is 3. The normalized spacial score (nSPS) is 14.6. The number of para-hydroxylation sites is 2. The Balaban J connectivity index is 1.22. The lowest BCUT2D eigenvalue weighted by Gasteiger charge is -2.26. The van der Waals surface area contributed by atoms with Crippen molar-refractivity contribution in [3.63, 3.8) is 0 Å². The van der Waals surface area contributed by atoms with Gasteiger partial charge in [-0.1, -0.05) is 48.5 Å². The number of aliphatic hydroxyl groups is 2. The molecular formula is C31H37N3O4. The molecule has 0 bridgehead atoms. The Labute approximate surface area is 223 Å². The molecule has 2 N–H and O–H groups in total. The van der Waals surface area contributed by atoms with Crippen molar-refractivity contribution in [2.45, 2.75) is 38.5 Å². The predicted molar refractivity (Wildman–Crippen MR) is 150 cm³/mol. The van der Waals surface area contributed by atoms with Gasteiger partial charge in [-0.15, -0.1) is 0 Å². The van der Waals surface area contributed by atoms with Crippen molar-refractivity contribution >= 4 is 27.7 Å². The molecule has 7 nitrogen and oxygen atoms in total. The van der Waals surface area contributed by atoms with Crippen molar-refractivity contribution in [2.75, 3.05) is 39.4 Å². The van der Waals surface area contributed by atoms with Gasteiger partial charge in [-0.2, -0.15) is 0 Å². The number of aliphatic hydroxyl groups excluding tert-OH is 2. The predicted octanol–water partition coefficient (Wildman–Crippen LogP) is 4.04. The van der Waals surface area contributed by atoms with Crippen LogP contribution in [0.25, 0.3) is 21.8 Å². The summed E-state index contributed by atoms with van der Waals surface area (Å²) in [5.41, 5.74) is 3.33. The van der Waals surface area contributed by atoms with Crippen molar-refractivity contribution in [3.05, 3.63) is 78.4 Å². The summed E-state index contributed by atoms with van der Waals surface area (Å²) >= 11 is 0. The Morgan fingerprint density at radius 2 is 1.55 bits per heavy atom. The molecule has 0 radical (unpaired) electrons. The highest BCUT2D eigenvalue weighted by Gasteiger charge is 2.19. The van der Waals surface area contributed by atoms with Gasteiger partial charge in [0.05, 0.1) is 12.6 Å². The lowest BCUT2D eigenvalue weighted by molar-refractivity contribution is -0.132. The summed E-state index contributed by atoms with van der Waals surface area (Å²) in [4.78, 5) is 16.3. The molecule has 0 saturated carbocycles. The summed E-state index contributed by atoms with van der Waals surface area (Å²) < 4.78 is 7.92. The quantitative estimate of drug-likeness (QED) is 0.298. The highest BCUT2D eigenvalue weighted by molar-refractivity contribution is 6.07. The smallest absolute Gasteiger partial charge is 0.260 e. The molecule has 7 heteroatoms. The Hall–Kier alpha value is -3.39. The van der Waals surface area contributed by atoms with Gasteiger partial charge < -0.3 is 24.4 Å². The minimum atomic E-state index is -0.577.